The van der Waals surface area contributed by atoms with Crippen LogP contribution in [0.15, 0.2) is 0 Å². The number of carboxylic acids is 1. The molecule has 8 heteroatoms. The van der Waals surface area contributed by atoms with E-state index in [-0.39, 0.29) is 12.3 Å². The van der Waals surface area contributed by atoms with E-state index in [1.165, 1.54) is 0 Å². The molecule has 0 bridgehead atoms. The summed E-state index contributed by atoms with van der Waals surface area (Å²) >= 11 is 0. The Morgan fingerprint density at radius 1 is 1.09 bits per heavy atom. The molecule has 0 saturated heterocycles. The monoisotopic (exact) mass is 319 g/mol. The summed E-state index contributed by atoms with van der Waals surface area (Å²) in [6.07, 6.45) is -4.19. The molecule has 0 aromatic rings. The van der Waals surface area contributed by atoms with Gasteiger partial charge in [0, 0.05) is 0 Å². The van der Waals surface area contributed by atoms with Gasteiger partial charge in [-0.05, 0) is 33.1 Å². The van der Waals surface area contributed by atoms with E-state index >= 15 is 0 Å². The first-order valence-electron chi connectivity index (χ1n) is 6.97. The van der Waals surface area contributed by atoms with E-state index in [0.29, 0.717) is 0 Å². The van der Waals surface area contributed by atoms with Gasteiger partial charge in [0.1, 0.15) is 11.6 Å². The lowest BCUT2D eigenvalue weighted by molar-refractivity contribution is -0.162. The number of hydrogen-bond donors (Lipinski definition) is 4. The fourth-order valence-corrected chi connectivity index (χ4v) is 1.59. The van der Waals surface area contributed by atoms with E-state index in [4.69, 9.17) is 14.9 Å². The first-order chi connectivity index (χ1) is 9.85. The number of ether oxygens (including phenoxy) is 1. The summed E-state index contributed by atoms with van der Waals surface area (Å²) < 4.78 is 5.18. The lowest BCUT2D eigenvalue weighted by Crippen LogP contribution is -2.52. The van der Waals surface area contributed by atoms with Gasteiger partial charge >= 0.3 is 11.9 Å². The molecule has 0 aliphatic carbocycles. The van der Waals surface area contributed by atoms with Gasteiger partial charge in [-0.15, -0.1) is 0 Å². The summed E-state index contributed by atoms with van der Waals surface area (Å²) in [5.41, 5.74) is -0.754. The van der Waals surface area contributed by atoms with Crippen LogP contribution in [0.2, 0.25) is 0 Å². The molecule has 0 aliphatic rings. The van der Waals surface area contributed by atoms with Crippen molar-refractivity contribution >= 4 is 17.8 Å². The van der Waals surface area contributed by atoms with Crippen molar-refractivity contribution in [1.82, 2.24) is 5.32 Å². The lowest BCUT2D eigenvalue weighted by atomic mass is 10.0. The van der Waals surface area contributed by atoms with Crippen molar-refractivity contribution in [1.29, 1.82) is 0 Å². The van der Waals surface area contributed by atoms with Crippen LogP contribution < -0.4 is 5.32 Å². The summed E-state index contributed by atoms with van der Waals surface area (Å²) in [5.74, 6) is -3.53. The molecule has 1 amide bonds. The Labute approximate surface area is 129 Å². The SMILES string of the molecule is CC(C)CC(NC(=O)[C@@H](O)[C@H](O)C(=O)O)C(=O)OC(C)(C)C. The first kappa shape index (κ1) is 20.3. The van der Waals surface area contributed by atoms with Crippen molar-refractivity contribution in [2.24, 2.45) is 5.92 Å². The Morgan fingerprint density at radius 2 is 1.59 bits per heavy atom. The van der Waals surface area contributed by atoms with E-state index in [1.807, 2.05) is 13.8 Å². The molecule has 0 aromatic carbocycles. The Hall–Kier alpha value is -1.67. The molecule has 4 N–H and O–H groups in total. The summed E-state index contributed by atoms with van der Waals surface area (Å²) in [7, 11) is 0. The van der Waals surface area contributed by atoms with Crippen LogP contribution in [0.25, 0.3) is 0 Å². The lowest BCUT2D eigenvalue weighted by Gasteiger charge is -2.26. The zero-order valence-corrected chi connectivity index (χ0v) is 13.5. The van der Waals surface area contributed by atoms with Crippen molar-refractivity contribution in [3.8, 4) is 0 Å². The predicted molar refractivity (Wildman–Crippen MR) is 76.9 cm³/mol. The molecule has 0 radical (unpaired) electrons. The molecule has 0 aliphatic heterocycles. The van der Waals surface area contributed by atoms with Crippen LogP contribution in [-0.4, -0.2) is 57.0 Å². The molecule has 3 atom stereocenters. The van der Waals surface area contributed by atoms with Gasteiger partial charge in [0.2, 0.25) is 0 Å². The van der Waals surface area contributed by atoms with Gasteiger partial charge in [-0.3, -0.25) is 4.79 Å². The smallest absolute Gasteiger partial charge is 0.335 e. The number of amides is 1. The van der Waals surface area contributed by atoms with Crippen LogP contribution in [0.4, 0.5) is 0 Å². The summed E-state index contributed by atoms with van der Waals surface area (Å²) in [5, 5.41) is 29.4. The third-order valence-corrected chi connectivity index (χ3v) is 2.54. The van der Waals surface area contributed by atoms with Gasteiger partial charge in [-0.2, -0.15) is 0 Å². The number of rotatable bonds is 7. The van der Waals surface area contributed by atoms with Crippen LogP contribution >= 0.6 is 0 Å². The number of aliphatic hydroxyl groups excluding tert-OH is 2. The second-order valence-corrected chi connectivity index (χ2v) is 6.45. The first-order valence-corrected chi connectivity index (χ1v) is 6.97. The van der Waals surface area contributed by atoms with Crippen LogP contribution in [-0.2, 0) is 19.1 Å². The van der Waals surface area contributed by atoms with Crippen molar-refractivity contribution in [3.05, 3.63) is 0 Å². The van der Waals surface area contributed by atoms with Gasteiger partial charge in [-0.25, -0.2) is 9.59 Å². The quantitative estimate of drug-likeness (QED) is 0.472. The maximum Gasteiger partial charge on any atom is 0.335 e. The molecule has 22 heavy (non-hydrogen) atoms. The number of carboxylic acid groups (broad SMARTS) is 1. The average Bonchev–Trinajstić information content (AvgIpc) is 2.33. The highest BCUT2D eigenvalue weighted by Gasteiger charge is 2.34. The van der Waals surface area contributed by atoms with E-state index in [9.17, 15) is 19.5 Å². The standard InChI is InChI=1S/C14H25NO7/c1-7(2)6-8(13(21)22-14(3,4)5)15-11(18)9(16)10(17)12(19)20/h7-10,16-17H,6H2,1-5H3,(H,15,18)(H,19,20)/t8?,9-,10-/m0/s1. The molecule has 0 spiro atoms. The average molecular weight is 319 g/mol. The zero-order valence-electron chi connectivity index (χ0n) is 13.5. The third-order valence-electron chi connectivity index (χ3n) is 2.54. The summed E-state index contributed by atoms with van der Waals surface area (Å²) in [6.45, 7) is 8.66. The van der Waals surface area contributed by atoms with Crippen molar-refractivity contribution in [3.63, 3.8) is 0 Å². The summed E-state index contributed by atoms with van der Waals surface area (Å²) in [4.78, 5) is 34.4. The largest absolute Gasteiger partial charge is 0.479 e. The fraction of sp³-hybridized carbons (Fsp3) is 0.786. The molecule has 0 fully saturated rings. The van der Waals surface area contributed by atoms with Gasteiger partial charge < -0.3 is 25.4 Å². The molecule has 8 nitrogen and oxygen atoms in total. The van der Waals surface area contributed by atoms with Crippen molar-refractivity contribution in [2.75, 3.05) is 0 Å². The third kappa shape index (κ3) is 7.37. The molecule has 0 rings (SSSR count). The van der Waals surface area contributed by atoms with E-state index in [1.54, 1.807) is 20.8 Å². The van der Waals surface area contributed by atoms with Gasteiger partial charge in [0.05, 0.1) is 0 Å². The van der Waals surface area contributed by atoms with E-state index in [2.05, 4.69) is 5.32 Å². The Morgan fingerprint density at radius 3 is 1.95 bits per heavy atom. The Balaban J connectivity index is 4.95. The minimum Gasteiger partial charge on any atom is -0.479 e. The number of nitrogens with one attached hydrogen (secondary N) is 1. The molecule has 1 unspecified atom stereocenters. The zero-order chi connectivity index (χ0) is 17.7. The normalized spacial score (nSPS) is 15.8. The van der Waals surface area contributed by atoms with Gasteiger partial charge in [-0.1, -0.05) is 13.8 Å². The molecule has 0 saturated carbocycles. The predicted octanol–water partition coefficient (Wildman–Crippen LogP) is -0.335. The van der Waals surface area contributed by atoms with Crippen LogP contribution in [0, 0.1) is 5.92 Å². The molecular formula is C14H25NO7. The second kappa shape index (κ2) is 8.09. The number of esters is 1. The highest BCUT2D eigenvalue weighted by molar-refractivity contribution is 5.90. The number of aliphatic carboxylic acids is 1. The second-order valence-electron chi connectivity index (χ2n) is 6.45. The number of hydrogen-bond acceptors (Lipinski definition) is 6. The van der Waals surface area contributed by atoms with Crippen molar-refractivity contribution in [2.45, 2.75) is 64.9 Å². The minimum absolute atomic E-state index is 0.0411. The Bertz CT molecular complexity index is 414. The maximum atomic E-state index is 12.1. The molecule has 0 aromatic heterocycles. The Kier molecular flexibility index (Phi) is 7.48. The minimum atomic E-state index is -2.27. The van der Waals surface area contributed by atoms with Crippen LogP contribution in [0.5, 0.6) is 0 Å². The molecular weight excluding hydrogens is 294 g/mol. The van der Waals surface area contributed by atoms with Crippen molar-refractivity contribution < 1.29 is 34.4 Å². The van der Waals surface area contributed by atoms with E-state index < -0.39 is 41.7 Å². The molecule has 128 valence electrons. The van der Waals surface area contributed by atoms with Gasteiger partial charge in [0.15, 0.2) is 12.2 Å². The maximum absolute atomic E-state index is 12.1. The summed E-state index contributed by atoms with van der Waals surface area (Å²) in [6, 6.07) is -1.04. The molecule has 0 heterocycles. The van der Waals surface area contributed by atoms with E-state index in [0.717, 1.165) is 0 Å². The highest BCUT2D eigenvalue weighted by atomic mass is 16.6. The number of carbonyl (C=O) groups is 3. The number of aliphatic hydroxyl groups is 2. The number of carbonyl (C=O) groups excluding carboxylic acids is 2. The van der Waals surface area contributed by atoms with Crippen LogP contribution in [0.1, 0.15) is 41.0 Å². The fourth-order valence-electron chi connectivity index (χ4n) is 1.59. The highest BCUT2D eigenvalue weighted by Crippen LogP contribution is 2.13. The topological polar surface area (TPSA) is 133 Å². The van der Waals surface area contributed by atoms with Crippen LogP contribution in [0.3, 0.4) is 0 Å². The van der Waals surface area contributed by atoms with Gasteiger partial charge in [0.25, 0.3) is 5.91 Å².